The molecule has 6 nitrogen and oxygen atoms in total. The topological polar surface area (TPSA) is 79.4 Å². The molecular formula is C13H10N6S. The number of aromatic nitrogens is 4. The van der Waals surface area contributed by atoms with Gasteiger partial charge in [0.25, 0.3) is 0 Å². The van der Waals surface area contributed by atoms with Gasteiger partial charge >= 0.3 is 0 Å². The monoisotopic (exact) mass is 282 g/mol. The van der Waals surface area contributed by atoms with Gasteiger partial charge in [-0.25, -0.2) is 14.6 Å². The lowest BCUT2D eigenvalue weighted by Gasteiger charge is -2.09. The summed E-state index contributed by atoms with van der Waals surface area (Å²) < 4.78 is 1.61. The summed E-state index contributed by atoms with van der Waals surface area (Å²) in [5.41, 5.74) is 0.866. The molecule has 3 rings (SSSR count). The average molecular weight is 282 g/mol. The zero-order chi connectivity index (χ0) is 13.8. The van der Waals surface area contributed by atoms with Crippen molar-refractivity contribution in [1.29, 1.82) is 5.26 Å². The third-order valence-corrected chi connectivity index (χ3v) is 3.64. The Balaban J connectivity index is 1.80. The Kier molecular flexibility index (Phi) is 3.39. The molecule has 0 aliphatic carbocycles. The van der Waals surface area contributed by atoms with Gasteiger partial charge in [-0.05, 0) is 24.3 Å². The maximum Gasteiger partial charge on any atom is 0.178 e. The minimum Gasteiger partial charge on any atom is -0.377 e. The summed E-state index contributed by atoms with van der Waals surface area (Å²) in [6.45, 7) is 0.639. The van der Waals surface area contributed by atoms with E-state index in [2.05, 4.69) is 26.5 Å². The molecule has 3 aromatic rings. The molecule has 0 atom stereocenters. The summed E-state index contributed by atoms with van der Waals surface area (Å²) in [5.74, 6) is 0.696. The smallest absolute Gasteiger partial charge is 0.178 e. The molecule has 0 bridgehead atoms. The number of rotatable bonds is 4. The van der Waals surface area contributed by atoms with Crippen LogP contribution < -0.4 is 5.32 Å². The van der Waals surface area contributed by atoms with Crippen molar-refractivity contribution in [3.8, 4) is 11.9 Å². The zero-order valence-corrected chi connectivity index (χ0v) is 11.2. The van der Waals surface area contributed by atoms with Crippen LogP contribution in [0.4, 0.5) is 5.69 Å². The largest absolute Gasteiger partial charge is 0.377 e. The first-order valence-electron chi connectivity index (χ1n) is 5.89. The number of thiophene rings is 1. The lowest BCUT2D eigenvalue weighted by atomic mass is 10.3. The fourth-order valence-corrected chi connectivity index (χ4v) is 2.50. The van der Waals surface area contributed by atoms with Gasteiger partial charge in [0.1, 0.15) is 23.6 Å². The maximum absolute atomic E-state index is 8.82. The summed E-state index contributed by atoms with van der Waals surface area (Å²) in [4.78, 5) is 10.0. The average Bonchev–Trinajstić information content (AvgIpc) is 3.17. The minimum absolute atomic E-state index is 0.639. The van der Waals surface area contributed by atoms with E-state index in [4.69, 9.17) is 5.26 Å². The van der Waals surface area contributed by atoms with Gasteiger partial charge in [-0.3, -0.25) is 0 Å². The molecule has 3 aromatic heterocycles. The van der Waals surface area contributed by atoms with Gasteiger partial charge in [-0.1, -0.05) is 0 Å². The molecule has 0 fully saturated rings. The van der Waals surface area contributed by atoms with Crippen molar-refractivity contribution in [3.63, 3.8) is 0 Å². The number of anilines is 1. The number of nitrogens with one attached hydrogen (secondary N) is 1. The Labute approximate surface area is 119 Å². The van der Waals surface area contributed by atoms with E-state index in [0.29, 0.717) is 17.2 Å². The predicted octanol–water partition coefficient (Wildman–Crippen LogP) is 2.21. The molecule has 1 N–H and O–H groups in total. The van der Waals surface area contributed by atoms with Crippen molar-refractivity contribution < 1.29 is 0 Å². The highest BCUT2D eigenvalue weighted by Crippen LogP contribution is 2.20. The Morgan fingerprint density at radius 1 is 1.35 bits per heavy atom. The van der Waals surface area contributed by atoms with Crippen LogP contribution in [-0.4, -0.2) is 19.7 Å². The standard InChI is InChI=1S/C13H10N6S/c14-6-10-3-4-11(20-10)7-17-12-2-1-5-16-13(12)19-9-15-8-18-19/h1-5,8-9,17H,7H2. The van der Waals surface area contributed by atoms with Crippen LogP contribution in [0.3, 0.4) is 0 Å². The molecule has 20 heavy (non-hydrogen) atoms. The summed E-state index contributed by atoms with van der Waals surface area (Å²) in [7, 11) is 0. The fraction of sp³-hybridized carbons (Fsp3) is 0.0769. The molecule has 0 amide bonds. The molecule has 0 aromatic carbocycles. The molecule has 98 valence electrons. The van der Waals surface area contributed by atoms with E-state index in [9.17, 15) is 0 Å². The molecular weight excluding hydrogens is 272 g/mol. The summed E-state index contributed by atoms with van der Waals surface area (Å²) in [6.07, 6.45) is 4.78. The molecule has 0 aliphatic rings. The van der Waals surface area contributed by atoms with Crippen molar-refractivity contribution in [2.75, 3.05) is 5.32 Å². The van der Waals surface area contributed by atoms with E-state index in [0.717, 1.165) is 10.6 Å². The van der Waals surface area contributed by atoms with E-state index < -0.39 is 0 Å². The van der Waals surface area contributed by atoms with Gasteiger partial charge in [0.15, 0.2) is 5.82 Å². The van der Waals surface area contributed by atoms with E-state index in [1.807, 2.05) is 24.3 Å². The predicted molar refractivity (Wildman–Crippen MR) is 75.5 cm³/mol. The van der Waals surface area contributed by atoms with Crippen LogP contribution in [0, 0.1) is 11.3 Å². The Morgan fingerprint density at radius 3 is 3.05 bits per heavy atom. The summed E-state index contributed by atoms with van der Waals surface area (Å²) in [6, 6.07) is 9.70. The van der Waals surface area contributed by atoms with Gasteiger partial charge in [0.2, 0.25) is 0 Å². The van der Waals surface area contributed by atoms with Gasteiger partial charge in [0.05, 0.1) is 5.69 Å². The molecule has 0 radical (unpaired) electrons. The van der Waals surface area contributed by atoms with Gasteiger partial charge in [-0.15, -0.1) is 11.3 Å². The lowest BCUT2D eigenvalue weighted by Crippen LogP contribution is -2.05. The minimum atomic E-state index is 0.639. The number of hydrogen-bond acceptors (Lipinski definition) is 6. The van der Waals surface area contributed by atoms with Gasteiger partial charge < -0.3 is 5.32 Å². The van der Waals surface area contributed by atoms with Crippen LogP contribution in [0.2, 0.25) is 0 Å². The number of nitriles is 1. The fourth-order valence-electron chi connectivity index (χ4n) is 1.75. The molecule has 7 heteroatoms. The van der Waals surface area contributed by atoms with Crippen molar-refractivity contribution in [1.82, 2.24) is 19.7 Å². The SMILES string of the molecule is N#Cc1ccc(CNc2cccnc2-n2cncn2)s1. The molecule has 3 heterocycles. The van der Waals surface area contributed by atoms with Crippen LogP contribution in [0.5, 0.6) is 0 Å². The first kappa shape index (κ1) is 12.3. The Hall–Kier alpha value is -2.72. The first-order chi connectivity index (χ1) is 9.86. The van der Waals surface area contributed by atoms with Crippen molar-refractivity contribution in [2.45, 2.75) is 6.54 Å². The van der Waals surface area contributed by atoms with Crippen LogP contribution in [0.15, 0.2) is 43.1 Å². The van der Waals surface area contributed by atoms with E-state index in [1.54, 1.807) is 17.2 Å². The van der Waals surface area contributed by atoms with E-state index in [1.165, 1.54) is 17.7 Å². The van der Waals surface area contributed by atoms with Crippen molar-refractivity contribution in [3.05, 3.63) is 52.9 Å². The zero-order valence-electron chi connectivity index (χ0n) is 10.4. The van der Waals surface area contributed by atoms with Crippen LogP contribution in [0.1, 0.15) is 9.75 Å². The molecule has 0 saturated carbocycles. The third-order valence-electron chi connectivity index (χ3n) is 2.65. The number of pyridine rings is 1. The second-order valence-electron chi connectivity index (χ2n) is 3.95. The van der Waals surface area contributed by atoms with Crippen molar-refractivity contribution >= 4 is 17.0 Å². The van der Waals surface area contributed by atoms with Crippen LogP contribution >= 0.6 is 11.3 Å². The van der Waals surface area contributed by atoms with Gasteiger partial charge in [-0.2, -0.15) is 10.4 Å². The lowest BCUT2D eigenvalue weighted by molar-refractivity contribution is 0.845. The highest BCUT2D eigenvalue weighted by Gasteiger charge is 2.06. The van der Waals surface area contributed by atoms with E-state index in [-0.39, 0.29) is 0 Å². The molecule has 0 unspecified atom stereocenters. The van der Waals surface area contributed by atoms with Crippen molar-refractivity contribution in [2.24, 2.45) is 0 Å². The third kappa shape index (κ3) is 2.50. The second kappa shape index (κ2) is 5.50. The van der Waals surface area contributed by atoms with Crippen LogP contribution in [-0.2, 0) is 6.54 Å². The Morgan fingerprint density at radius 2 is 2.30 bits per heavy atom. The Bertz CT molecular complexity index is 740. The highest BCUT2D eigenvalue weighted by molar-refractivity contribution is 7.12. The highest BCUT2D eigenvalue weighted by atomic mass is 32.1. The quantitative estimate of drug-likeness (QED) is 0.793. The molecule has 0 aliphatic heterocycles. The summed E-state index contributed by atoms with van der Waals surface area (Å²) >= 11 is 1.48. The normalized spacial score (nSPS) is 10.2. The number of hydrogen-bond donors (Lipinski definition) is 1. The van der Waals surface area contributed by atoms with Gasteiger partial charge in [0, 0.05) is 17.6 Å². The second-order valence-corrected chi connectivity index (χ2v) is 5.11. The van der Waals surface area contributed by atoms with E-state index >= 15 is 0 Å². The molecule has 0 saturated heterocycles. The summed E-state index contributed by atoms with van der Waals surface area (Å²) in [5, 5.41) is 16.2. The maximum atomic E-state index is 8.82. The number of nitrogens with zero attached hydrogens (tertiary/aromatic N) is 5. The van der Waals surface area contributed by atoms with Crippen LogP contribution in [0.25, 0.3) is 5.82 Å². The molecule has 0 spiro atoms. The first-order valence-corrected chi connectivity index (χ1v) is 6.71.